The Bertz CT molecular complexity index is 366. The quantitative estimate of drug-likeness (QED) is 0.872. The minimum Gasteiger partial charge on any atom is -0.496 e. The molecule has 0 amide bonds. The Labute approximate surface area is 104 Å². The second-order valence-electron chi connectivity index (χ2n) is 4.06. The topological polar surface area (TPSA) is 41.5 Å². The van der Waals surface area contributed by atoms with E-state index in [1.807, 2.05) is 18.2 Å². The Kier molecular flexibility index (Phi) is 3.84. The van der Waals surface area contributed by atoms with Gasteiger partial charge in [-0.3, -0.25) is 0 Å². The van der Waals surface area contributed by atoms with Gasteiger partial charge in [0.25, 0.3) is 0 Å². The van der Waals surface area contributed by atoms with Crippen LogP contribution in [0.4, 0.5) is 0 Å². The molecule has 0 heterocycles. The summed E-state index contributed by atoms with van der Waals surface area (Å²) < 4.78 is 6.31. The summed E-state index contributed by atoms with van der Waals surface area (Å²) in [4.78, 5) is 0. The van der Waals surface area contributed by atoms with Crippen molar-refractivity contribution in [3.63, 3.8) is 0 Å². The fraction of sp³-hybridized carbons (Fsp3) is 0.500. The largest absolute Gasteiger partial charge is 0.496 e. The fourth-order valence-corrected chi connectivity index (χ4v) is 2.13. The smallest absolute Gasteiger partial charge is 0.123 e. The van der Waals surface area contributed by atoms with Gasteiger partial charge in [0, 0.05) is 16.1 Å². The Balaban J connectivity index is 2.23. The third-order valence-corrected chi connectivity index (χ3v) is 3.26. The molecule has 16 heavy (non-hydrogen) atoms. The van der Waals surface area contributed by atoms with Gasteiger partial charge in [-0.05, 0) is 31.0 Å². The van der Waals surface area contributed by atoms with E-state index in [1.54, 1.807) is 7.11 Å². The molecule has 1 aromatic rings. The van der Waals surface area contributed by atoms with Gasteiger partial charge in [-0.15, -0.1) is 0 Å². The van der Waals surface area contributed by atoms with E-state index in [-0.39, 0.29) is 12.6 Å². The van der Waals surface area contributed by atoms with Gasteiger partial charge >= 0.3 is 0 Å². The Morgan fingerprint density at radius 1 is 1.56 bits per heavy atom. The number of halogens is 1. The van der Waals surface area contributed by atoms with Crippen molar-refractivity contribution >= 4 is 15.9 Å². The zero-order valence-electron chi connectivity index (χ0n) is 9.24. The Morgan fingerprint density at radius 2 is 2.31 bits per heavy atom. The van der Waals surface area contributed by atoms with Crippen molar-refractivity contribution in [2.24, 2.45) is 0 Å². The first kappa shape index (κ1) is 11.9. The molecule has 0 saturated heterocycles. The maximum absolute atomic E-state index is 9.43. The highest BCUT2D eigenvalue weighted by molar-refractivity contribution is 9.10. The van der Waals surface area contributed by atoms with E-state index in [0.29, 0.717) is 6.04 Å². The molecule has 1 saturated carbocycles. The van der Waals surface area contributed by atoms with Gasteiger partial charge in [0.2, 0.25) is 0 Å². The lowest BCUT2D eigenvalue weighted by atomic mass is 10.1. The molecule has 0 aliphatic heterocycles. The molecule has 1 aliphatic rings. The predicted molar refractivity (Wildman–Crippen MR) is 66.7 cm³/mol. The van der Waals surface area contributed by atoms with Crippen molar-refractivity contribution in [3.8, 4) is 5.75 Å². The van der Waals surface area contributed by atoms with Crippen LogP contribution in [0.2, 0.25) is 0 Å². The monoisotopic (exact) mass is 285 g/mol. The van der Waals surface area contributed by atoms with Gasteiger partial charge in [0.05, 0.1) is 19.8 Å². The number of aliphatic hydroxyl groups excluding tert-OH is 1. The third kappa shape index (κ3) is 2.75. The highest BCUT2D eigenvalue weighted by Crippen LogP contribution is 2.31. The molecule has 0 radical (unpaired) electrons. The Hall–Kier alpha value is -0.580. The summed E-state index contributed by atoms with van der Waals surface area (Å²) in [5.74, 6) is 0.815. The van der Waals surface area contributed by atoms with E-state index in [1.165, 1.54) is 12.8 Å². The number of hydrogen-bond acceptors (Lipinski definition) is 3. The van der Waals surface area contributed by atoms with Crippen LogP contribution in [0.5, 0.6) is 5.75 Å². The molecule has 3 nitrogen and oxygen atoms in total. The SMILES string of the molecule is COc1ccc(Br)cc1C(CO)NC1CC1. The summed E-state index contributed by atoms with van der Waals surface area (Å²) in [6.07, 6.45) is 2.40. The maximum atomic E-state index is 9.43. The number of rotatable bonds is 5. The highest BCUT2D eigenvalue weighted by Gasteiger charge is 2.26. The first-order valence-electron chi connectivity index (χ1n) is 5.45. The molecule has 4 heteroatoms. The first-order chi connectivity index (χ1) is 7.74. The molecule has 0 bridgehead atoms. The minimum absolute atomic E-state index is 0.0417. The van der Waals surface area contributed by atoms with Crippen LogP contribution in [-0.2, 0) is 0 Å². The van der Waals surface area contributed by atoms with Gasteiger partial charge in [-0.25, -0.2) is 0 Å². The lowest BCUT2D eigenvalue weighted by Crippen LogP contribution is -2.26. The van der Waals surface area contributed by atoms with Gasteiger partial charge < -0.3 is 15.2 Å². The average molecular weight is 286 g/mol. The first-order valence-corrected chi connectivity index (χ1v) is 6.24. The van der Waals surface area contributed by atoms with Crippen molar-refractivity contribution in [2.75, 3.05) is 13.7 Å². The summed E-state index contributed by atoms with van der Waals surface area (Å²) in [5, 5.41) is 12.8. The molecule has 1 fully saturated rings. The van der Waals surface area contributed by atoms with Crippen LogP contribution >= 0.6 is 15.9 Å². The van der Waals surface area contributed by atoms with E-state index < -0.39 is 0 Å². The van der Waals surface area contributed by atoms with Crippen molar-refractivity contribution in [3.05, 3.63) is 28.2 Å². The van der Waals surface area contributed by atoms with Crippen molar-refractivity contribution in [1.29, 1.82) is 0 Å². The van der Waals surface area contributed by atoms with Crippen LogP contribution in [0.3, 0.4) is 0 Å². The van der Waals surface area contributed by atoms with E-state index in [2.05, 4.69) is 21.2 Å². The molecular formula is C12H16BrNO2. The van der Waals surface area contributed by atoms with Crippen molar-refractivity contribution < 1.29 is 9.84 Å². The molecule has 1 unspecified atom stereocenters. The summed E-state index contributed by atoms with van der Waals surface area (Å²) >= 11 is 3.44. The summed E-state index contributed by atoms with van der Waals surface area (Å²) in [7, 11) is 1.65. The second kappa shape index (κ2) is 5.17. The Morgan fingerprint density at radius 3 is 2.88 bits per heavy atom. The van der Waals surface area contributed by atoms with Crippen LogP contribution in [0.25, 0.3) is 0 Å². The molecule has 0 spiro atoms. The molecule has 0 aromatic heterocycles. The second-order valence-corrected chi connectivity index (χ2v) is 4.98. The zero-order valence-corrected chi connectivity index (χ0v) is 10.8. The number of ether oxygens (including phenoxy) is 1. The summed E-state index contributed by atoms with van der Waals surface area (Å²) in [5.41, 5.74) is 1.01. The van der Waals surface area contributed by atoms with Crippen LogP contribution < -0.4 is 10.1 Å². The molecule has 1 aliphatic carbocycles. The van der Waals surface area contributed by atoms with Crippen molar-refractivity contribution in [2.45, 2.75) is 24.9 Å². The standard InChI is InChI=1S/C12H16BrNO2/c1-16-12-5-2-8(13)6-10(12)11(7-15)14-9-3-4-9/h2,5-6,9,11,14-15H,3-4,7H2,1H3. The van der Waals surface area contributed by atoms with E-state index in [0.717, 1.165) is 15.8 Å². The van der Waals surface area contributed by atoms with Crippen LogP contribution in [0.1, 0.15) is 24.4 Å². The fourth-order valence-electron chi connectivity index (χ4n) is 1.75. The average Bonchev–Trinajstić information content (AvgIpc) is 3.09. The molecule has 2 N–H and O–H groups in total. The number of methoxy groups -OCH3 is 1. The molecule has 1 aromatic carbocycles. The van der Waals surface area contributed by atoms with E-state index in [4.69, 9.17) is 4.74 Å². The van der Waals surface area contributed by atoms with Crippen LogP contribution in [0, 0.1) is 0 Å². The van der Waals surface area contributed by atoms with Crippen LogP contribution in [-0.4, -0.2) is 24.9 Å². The molecule has 88 valence electrons. The number of nitrogens with one attached hydrogen (secondary N) is 1. The molecular weight excluding hydrogens is 270 g/mol. The minimum atomic E-state index is -0.0417. The maximum Gasteiger partial charge on any atom is 0.123 e. The number of aliphatic hydroxyl groups is 1. The normalized spacial score (nSPS) is 17.2. The summed E-state index contributed by atoms with van der Waals surface area (Å²) in [6.45, 7) is 0.0866. The van der Waals surface area contributed by atoms with E-state index >= 15 is 0 Å². The van der Waals surface area contributed by atoms with Crippen LogP contribution in [0.15, 0.2) is 22.7 Å². The predicted octanol–water partition coefficient (Wildman–Crippen LogP) is 2.24. The summed E-state index contributed by atoms with van der Waals surface area (Å²) in [6, 6.07) is 6.36. The van der Waals surface area contributed by atoms with Gasteiger partial charge in [0.15, 0.2) is 0 Å². The van der Waals surface area contributed by atoms with Gasteiger partial charge in [-0.2, -0.15) is 0 Å². The molecule has 1 atom stereocenters. The highest BCUT2D eigenvalue weighted by atomic mass is 79.9. The zero-order chi connectivity index (χ0) is 11.5. The van der Waals surface area contributed by atoms with Crippen molar-refractivity contribution in [1.82, 2.24) is 5.32 Å². The number of hydrogen-bond donors (Lipinski definition) is 2. The lowest BCUT2D eigenvalue weighted by Gasteiger charge is -2.19. The molecule has 2 rings (SSSR count). The van der Waals surface area contributed by atoms with Gasteiger partial charge in [-0.1, -0.05) is 15.9 Å². The lowest BCUT2D eigenvalue weighted by molar-refractivity contribution is 0.240. The number of benzene rings is 1. The van der Waals surface area contributed by atoms with Gasteiger partial charge in [0.1, 0.15) is 5.75 Å². The third-order valence-electron chi connectivity index (χ3n) is 2.76. The van der Waals surface area contributed by atoms with E-state index in [9.17, 15) is 5.11 Å².